The van der Waals surface area contributed by atoms with Gasteiger partial charge in [-0.3, -0.25) is 4.79 Å². The molecule has 3 nitrogen and oxygen atoms in total. The first-order chi connectivity index (χ1) is 9.56. The highest BCUT2D eigenvalue weighted by Gasteiger charge is 2.15. The number of carbonyl (C=O) groups is 1. The van der Waals surface area contributed by atoms with E-state index in [4.69, 9.17) is 5.73 Å². The van der Waals surface area contributed by atoms with Crippen molar-refractivity contribution in [3.63, 3.8) is 0 Å². The molecule has 1 atom stereocenters. The SMILES string of the molecule is CCSCCC(C)N(C)C(=O)CCc1ccccc1N. The standard InChI is InChI=1S/C16H26N2OS/c1-4-20-12-11-13(2)18(3)16(19)10-9-14-7-5-6-8-15(14)17/h5-8,13H,4,9-12,17H2,1-3H3. The minimum atomic E-state index is 0.197. The van der Waals surface area contributed by atoms with Gasteiger partial charge in [0.05, 0.1) is 0 Å². The van der Waals surface area contributed by atoms with Gasteiger partial charge in [0, 0.05) is 25.2 Å². The highest BCUT2D eigenvalue weighted by atomic mass is 32.2. The number of nitrogens with zero attached hydrogens (tertiary/aromatic N) is 1. The maximum Gasteiger partial charge on any atom is 0.222 e. The smallest absolute Gasteiger partial charge is 0.222 e. The van der Waals surface area contributed by atoms with Crippen molar-refractivity contribution in [2.24, 2.45) is 0 Å². The lowest BCUT2D eigenvalue weighted by molar-refractivity contribution is -0.131. The molecule has 1 aromatic carbocycles. The van der Waals surface area contributed by atoms with Crippen LogP contribution >= 0.6 is 11.8 Å². The number of hydrogen-bond acceptors (Lipinski definition) is 3. The van der Waals surface area contributed by atoms with Gasteiger partial charge in [0.1, 0.15) is 0 Å². The fraction of sp³-hybridized carbons (Fsp3) is 0.562. The Hall–Kier alpha value is -1.16. The Kier molecular flexibility index (Phi) is 7.52. The number of para-hydroxylation sites is 1. The minimum absolute atomic E-state index is 0.197. The average molecular weight is 294 g/mol. The Bertz CT molecular complexity index is 423. The first kappa shape index (κ1) is 16.9. The molecule has 0 spiro atoms. The van der Waals surface area contributed by atoms with Gasteiger partial charge < -0.3 is 10.6 Å². The zero-order valence-corrected chi connectivity index (χ0v) is 13.6. The lowest BCUT2D eigenvalue weighted by Crippen LogP contribution is -2.35. The van der Waals surface area contributed by atoms with Crippen molar-refractivity contribution in [3.05, 3.63) is 29.8 Å². The van der Waals surface area contributed by atoms with E-state index in [2.05, 4.69) is 13.8 Å². The maximum absolute atomic E-state index is 12.2. The molecule has 1 aromatic rings. The number of thioether (sulfide) groups is 1. The Balaban J connectivity index is 2.40. The van der Waals surface area contributed by atoms with Crippen LogP contribution < -0.4 is 5.73 Å². The highest BCUT2D eigenvalue weighted by molar-refractivity contribution is 7.99. The van der Waals surface area contributed by atoms with Gasteiger partial charge in [-0.15, -0.1) is 0 Å². The summed E-state index contributed by atoms with van der Waals surface area (Å²) in [5.74, 6) is 2.45. The number of rotatable bonds is 8. The lowest BCUT2D eigenvalue weighted by Gasteiger charge is -2.25. The molecule has 0 aliphatic rings. The summed E-state index contributed by atoms with van der Waals surface area (Å²) in [4.78, 5) is 14.1. The fourth-order valence-electron chi connectivity index (χ4n) is 2.02. The summed E-state index contributed by atoms with van der Waals surface area (Å²) < 4.78 is 0. The van der Waals surface area contributed by atoms with Crippen LogP contribution in [0.1, 0.15) is 32.3 Å². The number of benzene rings is 1. The third-order valence-electron chi connectivity index (χ3n) is 3.60. The molecule has 2 N–H and O–H groups in total. The Labute approximate surface area is 126 Å². The molecule has 0 saturated heterocycles. The van der Waals surface area contributed by atoms with Crippen molar-refractivity contribution >= 4 is 23.4 Å². The summed E-state index contributed by atoms with van der Waals surface area (Å²) in [6, 6.07) is 8.05. The van der Waals surface area contributed by atoms with Crippen LogP contribution in [-0.2, 0) is 11.2 Å². The molecule has 4 heteroatoms. The second-order valence-electron chi connectivity index (χ2n) is 5.04. The van der Waals surface area contributed by atoms with Gasteiger partial charge in [-0.1, -0.05) is 25.1 Å². The molecule has 0 heterocycles. The fourth-order valence-corrected chi connectivity index (χ4v) is 2.81. The highest BCUT2D eigenvalue weighted by Crippen LogP contribution is 2.14. The Morgan fingerprint density at radius 2 is 2.10 bits per heavy atom. The van der Waals surface area contributed by atoms with Gasteiger partial charge in [0.25, 0.3) is 0 Å². The van der Waals surface area contributed by atoms with E-state index in [1.807, 2.05) is 48.0 Å². The van der Waals surface area contributed by atoms with Crippen LogP contribution in [0.4, 0.5) is 5.69 Å². The Morgan fingerprint density at radius 1 is 1.40 bits per heavy atom. The summed E-state index contributed by atoms with van der Waals surface area (Å²) in [5.41, 5.74) is 7.73. The molecule has 0 saturated carbocycles. The van der Waals surface area contributed by atoms with Crippen molar-refractivity contribution in [3.8, 4) is 0 Å². The van der Waals surface area contributed by atoms with E-state index < -0.39 is 0 Å². The van der Waals surface area contributed by atoms with Crippen LogP contribution in [0, 0.1) is 0 Å². The summed E-state index contributed by atoms with van der Waals surface area (Å²) in [6.07, 6.45) is 2.29. The molecule has 0 aliphatic carbocycles. The van der Waals surface area contributed by atoms with Gasteiger partial charge in [-0.05, 0) is 42.9 Å². The first-order valence-electron chi connectivity index (χ1n) is 7.23. The molecule has 0 aromatic heterocycles. The molecule has 0 radical (unpaired) electrons. The van der Waals surface area contributed by atoms with E-state index >= 15 is 0 Å². The first-order valence-corrected chi connectivity index (χ1v) is 8.38. The van der Waals surface area contributed by atoms with Crippen LogP contribution in [-0.4, -0.2) is 35.4 Å². The molecule has 0 fully saturated rings. The Morgan fingerprint density at radius 3 is 2.75 bits per heavy atom. The maximum atomic E-state index is 12.2. The molecule has 0 bridgehead atoms. The number of carbonyl (C=O) groups excluding carboxylic acids is 1. The molecule has 1 rings (SSSR count). The van der Waals surface area contributed by atoms with E-state index in [-0.39, 0.29) is 5.91 Å². The molecule has 1 amide bonds. The third kappa shape index (κ3) is 5.45. The van der Waals surface area contributed by atoms with Crippen molar-refractivity contribution in [1.82, 2.24) is 4.90 Å². The summed E-state index contributed by atoms with van der Waals surface area (Å²) in [6.45, 7) is 4.28. The van der Waals surface area contributed by atoms with Crippen LogP contribution in [0.5, 0.6) is 0 Å². The predicted octanol–water partition coefficient (Wildman–Crippen LogP) is 3.19. The predicted molar refractivity (Wildman–Crippen MR) is 89.0 cm³/mol. The van der Waals surface area contributed by atoms with Crippen LogP contribution in [0.2, 0.25) is 0 Å². The van der Waals surface area contributed by atoms with Crippen LogP contribution in [0.25, 0.3) is 0 Å². The summed E-state index contributed by atoms with van der Waals surface area (Å²) in [5, 5.41) is 0. The van der Waals surface area contributed by atoms with E-state index in [9.17, 15) is 4.79 Å². The third-order valence-corrected chi connectivity index (χ3v) is 4.53. The molecule has 112 valence electrons. The van der Waals surface area contributed by atoms with E-state index in [1.165, 1.54) is 0 Å². The topological polar surface area (TPSA) is 46.3 Å². The van der Waals surface area contributed by atoms with Crippen molar-refractivity contribution in [2.45, 2.75) is 39.2 Å². The van der Waals surface area contributed by atoms with Crippen molar-refractivity contribution in [2.75, 3.05) is 24.3 Å². The van der Waals surface area contributed by atoms with Gasteiger partial charge in [-0.2, -0.15) is 11.8 Å². The molecular formula is C16H26N2OS. The average Bonchev–Trinajstić information content (AvgIpc) is 2.45. The van der Waals surface area contributed by atoms with Gasteiger partial charge >= 0.3 is 0 Å². The number of nitrogen functional groups attached to an aromatic ring is 1. The number of nitrogens with two attached hydrogens (primary N) is 1. The number of anilines is 1. The van der Waals surface area contributed by atoms with Crippen LogP contribution in [0.3, 0.4) is 0 Å². The largest absolute Gasteiger partial charge is 0.399 e. The normalized spacial score (nSPS) is 12.2. The van der Waals surface area contributed by atoms with Crippen LogP contribution in [0.15, 0.2) is 24.3 Å². The van der Waals surface area contributed by atoms with E-state index in [0.717, 1.165) is 29.2 Å². The summed E-state index contributed by atoms with van der Waals surface area (Å²) >= 11 is 1.92. The minimum Gasteiger partial charge on any atom is -0.399 e. The molecule has 1 unspecified atom stereocenters. The van der Waals surface area contributed by atoms with Gasteiger partial charge in [0.15, 0.2) is 0 Å². The molecule has 0 aliphatic heterocycles. The monoisotopic (exact) mass is 294 g/mol. The summed E-state index contributed by atoms with van der Waals surface area (Å²) in [7, 11) is 1.90. The number of hydrogen-bond donors (Lipinski definition) is 1. The molecule has 20 heavy (non-hydrogen) atoms. The quantitative estimate of drug-likeness (QED) is 0.591. The second kappa shape index (κ2) is 8.90. The second-order valence-corrected chi connectivity index (χ2v) is 6.43. The van der Waals surface area contributed by atoms with Gasteiger partial charge in [0.2, 0.25) is 5.91 Å². The van der Waals surface area contributed by atoms with Crippen molar-refractivity contribution < 1.29 is 4.79 Å². The zero-order chi connectivity index (χ0) is 15.0. The number of amides is 1. The van der Waals surface area contributed by atoms with Crippen molar-refractivity contribution in [1.29, 1.82) is 0 Å². The number of aryl methyl sites for hydroxylation is 1. The zero-order valence-electron chi connectivity index (χ0n) is 12.8. The lowest BCUT2D eigenvalue weighted by atomic mass is 10.1. The van der Waals surface area contributed by atoms with E-state index in [1.54, 1.807) is 0 Å². The molecular weight excluding hydrogens is 268 g/mol. The van der Waals surface area contributed by atoms with E-state index in [0.29, 0.717) is 18.9 Å². The van der Waals surface area contributed by atoms with Gasteiger partial charge in [-0.25, -0.2) is 0 Å².